The SMILES string of the molecule is Cc1cc(N2CCCC(NCC(O)c3ccccc3)C2)n(C)n1. The van der Waals surface area contributed by atoms with E-state index in [1.165, 1.54) is 5.82 Å². The summed E-state index contributed by atoms with van der Waals surface area (Å²) in [6.07, 6.45) is 1.85. The van der Waals surface area contributed by atoms with Gasteiger partial charge in [-0.2, -0.15) is 5.10 Å². The van der Waals surface area contributed by atoms with Crippen molar-refractivity contribution in [3.05, 3.63) is 47.7 Å². The summed E-state index contributed by atoms with van der Waals surface area (Å²) in [7, 11) is 2.00. The molecule has 1 aromatic heterocycles. The van der Waals surface area contributed by atoms with Crippen LogP contribution in [0.2, 0.25) is 0 Å². The van der Waals surface area contributed by atoms with Crippen LogP contribution in [0.1, 0.15) is 30.2 Å². The van der Waals surface area contributed by atoms with Crippen molar-refractivity contribution in [2.45, 2.75) is 31.9 Å². The van der Waals surface area contributed by atoms with Crippen molar-refractivity contribution < 1.29 is 5.11 Å². The van der Waals surface area contributed by atoms with E-state index in [0.717, 1.165) is 37.2 Å². The van der Waals surface area contributed by atoms with Gasteiger partial charge in [0.15, 0.2) is 0 Å². The molecule has 1 aliphatic heterocycles. The number of nitrogens with one attached hydrogen (secondary N) is 1. The lowest BCUT2D eigenvalue weighted by molar-refractivity contribution is 0.168. The number of piperidine rings is 1. The molecule has 1 aliphatic rings. The van der Waals surface area contributed by atoms with Crippen molar-refractivity contribution in [3.63, 3.8) is 0 Å². The summed E-state index contributed by atoms with van der Waals surface area (Å²) in [5.74, 6) is 1.18. The molecule has 0 bridgehead atoms. The molecule has 2 aromatic rings. The number of rotatable bonds is 5. The van der Waals surface area contributed by atoms with Crippen LogP contribution in [0.5, 0.6) is 0 Å². The molecule has 0 amide bonds. The maximum absolute atomic E-state index is 10.3. The molecule has 124 valence electrons. The molecule has 0 spiro atoms. The minimum absolute atomic E-state index is 0.400. The molecule has 23 heavy (non-hydrogen) atoms. The van der Waals surface area contributed by atoms with Crippen LogP contribution in [0.25, 0.3) is 0 Å². The molecular weight excluding hydrogens is 288 g/mol. The topological polar surface area (TPSA) is 53.3 Å². The summed E-state index contributed by atoms with van der Waals surface area (Å²) in [5.41, 5.74) is 2.02. The Morgan fingerprint density at radius 1 is 1.35 bits per heavy atom. The molecule has 1 fully saturated rings. The quantitative estimate of drug-likeness (QED) is 0.886. The number of nitrogens with zero attached hydrogens (tertiary/aromatic N) is 3. The molecule has 2 N–H and O–H groups in total. The lowest BCUT2D eigenvalue weighted by Gasteiger charge is -2.35. The Morgan fingerprint density at radius 2 is 2.13 bits per heavy atom. The summed E-state index contributed by atoms with van der Waals surface area (Å²) >= 11 is 0. The fourth-order valence-electron chi connectivity index (χ4n) is 3.32. The molecule has 2 heterocycles. The number of aromatic nitrogens is 2. The minimum atomic E-state index is -0.453. The zero-order valence-corrected chi connectivity index (χ0v) is 13.9. The molecular formula is C18H26N4O. The third-order valence-corrected chi connectivity index (χ3v) is 4.51. The van der Waals surface area contributed by atoms with Crippen molar-refractivity contribution in [2.24, 2.45) is 7.05 Å². The zero-order valence-electron chi connectivity index (χ0n) is 13.9. The van der Waals surface area contributed by atoms with Gasteiger partial charge in [0, 0.05) is 38.8 Å². The van der Waals surface area contributed by atoms with E-state index >= 15 is 0 Å². The summed E-state index contributed by atoms with van der Waals surface area (Å²) < 4.78 is 1.95. The molecule has 5 nitrogen and oxygen atoms in total. The molecule has 2 atom stereocenters. The highest BCUT2D eigenvalue weighted by Crippen LogP contribution is 2.21. The highest BCUT2D eigenvalue weighted by atomic mass is 16.3. The van der Waals surface area contributed by atoms with E-state index in [1.54, 1.807) is 0 Å². The van der Waals surface area contributed by atoms with Crippen LogP contribution in [0.15, 0.2) is 36.4 Å². The molecule has 1 aromatic carbocycles. The summed E-state index contributed by atoms with van der Waals surface area (Å²) in [6.45, 7) is 4.64. The number of aliphatic hydroxyl groups is 1. The van der Waals surface area contributed by atoms with Crippen LogP contribution >= 0.6 is 0 Å². The third-order valence-electron chi connectivity index (χ3n) is 4.51. The number of aliphatic hydroxyl groups excluding tert-OH is 1. The first-order valence-electron chi connectivity index (χ1n) is 8.35. The van der Waals surface area contributed by atoms with Crippen LogP contribution < -0.4 is 10.2 Å². The second-order valence-electron chi connectivity index (χ2n) is 6.39. The summed E-state index contributed by atoms with van der Waals surface area (Å²) in [5, 5.41) is 18.3. The third kappa shape index (κ3) is 3.92. The van der Waals surface area contributed by atoms with Gasteiger partial charge in [0.25, 0.3) is 0 Å². The second-order valence-corrected chi connectivity index (χ2v) is 6.39. The number of benzene rings is 1. The fraction of sp³-hybridized carbons (Fsp3) is 0.500. The van der Waals surface area contributed by atoms with Gasteiger partial charge < -0.3 is 15.3 Å². The van der Waals surface area contributed by atoms with Crippen LogP contribution in [-0.4, -0.2) is 40.6 Å². The molecule has 1 saturated heterocycles. The average molecular weight is 314 g/mol. The van der Waals surface area contributed by atoms with E-state index in [4.69, 9.17) is 0 Å². The predicted octanol–water partition coefficient (Wildman–Crippen LogP) is 2.02. The highest BCUT2D eigenvalue weighted by Gasteiger charge is 2.22. The maximum atomic E-state index is 10.3. The van der Waals surface area contributed by atoms with Crippen molar-refractivity contribution in [3.8, 4) is 0 Å². The van der Waals surface area contributed by atoms with Gasteiger partial charge in [-0.05, 0) is 25.3 Å². The van der Waals surface area contributed by atoms with E-state index in [-0.39, 0.29) is 0 Å². The van der Waals surface area contributed by atoms with Gasteiger partial charge in [-0.3, -0.25) is 4.68 Å². The number of aryl methyl sites for hydroxylation is 2. The normalized spacial score (nSPS) is 19.8. The number of anilines is 1. The van der Waals surface area contributed by atoms with Gasteiger partial charge in [0.1, 0.15) is 5.82 Å². The Bertz CT molecular complexity index is 625. The predicted molar refractivity (Wildman–Crippen MR) is 92.6 cm³/mol. The second kappa shape index (κ2) is 7.15. The summed E-state index contributed by atoms with van der Waals surface area (Å²) in [4.78, 5) is 2.38. The van der Waals surface area contributed by atoms with Crippen molar-refractivity contribution >= 4 is 5.82 Å². The van der Waals surface area contributed by atoms with E-state index in [9.17, 15) is 5.11 Å². The largest absolute Gasteiger partial charge is 0.387 e. The molecule has 3 rings (SSSR count). The number of hydrogen-bond donors (Lipinski definition) is 2. The van der Waals surface area contributed by atoms with Crippen LogP contribution in [-0.2, 0) is 7.05 Å². The molecule has 2 unspecified atom stereocenters. The minimum Gasteiger partial charge on any atom is -0.387 e. The average Bonchev–Trinajstić information content (AvgIpc) is 2.92. The van der Waals surface area contributed by atoms with Crippen molar-refractivity contribution in [1.82, 2.24) is 15.1 Å². The Morgan fingerprint density at radius 3 is 2.83 bits per heavy atom. The van der Waals surface area contributed by atoms with E-state index in [0.29, 0.717) is 12.6 Å². The van der Waals surface area contributed by atoms with Gasteiger partial charge in [-0.1, -0.05) is 30.3 Å². The molecule has 0 aliphatic carbocycles. The van der Waals surface area contributed by atoms with E-state index in [1.807, 2.05) is 49.0 Å². The van der Waals surface area contributed by atoms with Crippen molar-refractivity contribution in [2.75, 3.05) is 24.5 Å². The Balaban J connectivity index is 1.56. The molecule has 5 heteroatoms. The monoisotopic (exact) mass is 314 g/mol. The first kappa shape index (κ1) is 16.0. The van der Waals surface area contributed by atoms with Gasteiger partial charge in [0.05, 0.1) is 11.8 Å². The standard InChI is InChI=1S/C18H26N4O/c1-14-11-18(21(2)20-14)22-10-6-9-16(13-22)19-12-17(23)15-7-4-3-5-8-15/h3-5,7-8,11,16-17,19,23H,6,9-10,12-13H2,1-2H3. The summed E-state index contributed by atoms with van der Waals surface area (Å²) in [6, 6.07) is 12.4. The Kier molecular flexibility index (Phi) is 4.98. The van der Waals surface area contributed by atoms with Gasteiger partial charge >= 0.3 is 0 Å². The van der Waals surface area contributed by atoms with Crippen molar-refractivity contribution in [1.29, 1.82) is 0 Å². The van der Waals surface area contributed by atoms with E-state index < -0.39 is 6.10 Å². The molecule has 0 radical (unpaired) electrons. The maximum Gasteiger partial charge on any atom is 0.126 e. The fourth-order valence-corrected chi connectivity index (χ4v) is 3.32. The lowest BCUT2D eigenvalue weighted by Crippen LogP contribution is -2.47. The molecule has 0 saturated carbocycles. The van der Waals surface area contributed by atoms with E-state index in [2.05, 4.69) is 21.4 Å². The first-order valence-corrected chi connectivity index (χ1v) is 8.35. The van der Waals surface area contributed by atoms with Gasteiger partial charge in [-0.25, -0.2) is 0 Å². The Labute approximate surface area is 137 Å². The zero-order chi connectivity index (χ0) is 16.2. The van der Waals surface area contributed by atoms with Crippen LogP contribution in [0.4, 0.5) is 5.82 Å². The smallest absolute Gasteiger partial charge is 0.126 e. The first-order chi connectivity index (χ1) is 11.1. The number of hydrogen-bond acceptors (Lipinski definition) is 4. The van der Waals surface area contributed by atoms with Crippen LogP contribution in [0, 0.1) is 6.92 Å². The Hall–Kier alpha value is -1.85. The lowest BCUT2D eigenvalue weighted by atomic mass is 10.0. The van der Waals surface area contributed by atoms with Gasteiger partial charge in [-0.15, -0.1) is 0 Å². The highest BCUT2D eigenvalue weighted by molar-refractivity contribution is 5.41. The van der Waals surface area contributed by atoms with Crippen LogP contribution in [0.3, 0.4) is 0 Å². The van der Waals surface area contributed by atoms with Gasteiger partial charge in [0.2, 0.25) is 0 Å².